The van der Waals surface area contributed by atoms with E-state index in [1.807, 2.05) is 61.2 Å². The maximum atomic E-state index is 12.4. The minimum Gasteiger partial charge on any atom is -0.469 e. The highest BCUT2D eigenvalue weighted by Gasteiger charge is 2.22. The third kappa shape index (κ3) is 3.29. The van der Waals surface area contributed by atoms with Gasteiger partial charge in [0.15, 0.2) is 0 Å². The van der Waals surface area contributed by atoms with E-state index >= 15 is 0 Å². The quantitative estimate of drug-likeness (QED) is 0.803. The van der Waals surface area contributed by atoms with Gasteiger partial charge in [-0.3, -0.25) is 4.79 Å². The van der Waals surface area contributed by atoms with Crippen molar-refractivity contribution >= 4 is 5.91 Å². The number of hydrogen-bond donors (Lipinski definition) is 0. The highest BCUT2D eigenvalue weighted by Crippen LogP contribution is 2.28. The summed E-state index contributed by atoms with van der Waals surface area (Å²) in [6.45, 7) is 5.50. The summed E-state index contributed by atoms with van der Waals surface area (Å²) < 4.78 is 5.53. The smallest absolute Gasteiger partial charge is 0.223 e. The number of hydrogen-bond acceptors (Lipinski definition) is 2. The van der Waals surface area contributed by atoms with Crippen LogP contribution in [0.2, 0.25) is 0 Å². The first-order valence-electron chi connectivity index (χ1n) is 7.12. The predicted octanol–water partition coefficient (Wildman–Crippen LogP) is 3.67. The lowest BCUT2D eigenvalue weighted by Crippen LogP contribution is -2.31. The number of carbonyl (C=O) groups is 1. The van der Waals surface area contributed by atoms with Gasteiger partial charge in [0, 0.05) is 19.5 Å². The molecule has 1 aromatic carbocycles. The highest BCUT2D eigenvalue weighted by molar-refractivity contribution is 5.77. The van der Waals surface area contributed by atoms with Gasteiger partial charge in [-0.15, -0.1) is 0 Å². The molecule has 0 saturated carbocycles. The normalized spacial score (nSPS) is 12.1. The Morgan fingerprint density at radius 1 is 1.10 bits per heavy atom. The Morgan fingerprint density at radius 2 is 1.80 bits per heavy atom. The summed E-state index contributed by atoms with van der Waals surface area (Å²) in [4.78, 5) is 14.2. The van der Waals surface area contributed by atoms with Crippen LogP contribution in [0.5, 0.6) is 0 Å². The first kappa shape index (κ1) is 14.4. The summed E-state index contributed by atoms with van der Waals surface area (Å²) in [5, 5.41) is 0. The zero-order chi connectivity index (χ0) is 14.4. The van der Waals surface area contributed by atoms with Gasteiger partial charge in [-0.2, -0.15) is 0 Å². The van der Waals surface area contributed by atoms with Crippen LogP contribution in [0.1, 0.15) is 37.5 Å². The monoisotopic (exact) mass is 271 g/mol. The fraction of sp³-hybridized carbons (Fsp3) is 0.353. The molecule has 0 spiro atoms. The lowest BCUT2D eigenvalue weighted by Gasteiger charge is -2.22. The van der Waals surface area contributed by atoms with Crippen molar-refractivity contribution in [3.05, 3.63) is 60.1 Å². The first-order valence-corrected chi connectivity index (χ1v) is 7.12. The summed E-state index contributed by atoms with van der Waals surface area (Å²) in [7, 11) is 0. The van der Waals surface area contributed by atoms with Gasteiger partial charge < -0.3 is 9.32 Å². The molecule has 0 aliphatic heterocycles. The number of rotatable bonds is 6. The topological polar surface area (TPSA) is 33.5 Å². The molecule has 0 fully saturated rings. The van der Waals surface area contributed by atoms with E-state index in [0.29, 0.717) is 6.42 Å². The number of carbonyl (C=O) groups excluding carboxylic acids is 1. The third-order valence-electron chi connectivity index (χ3n) is 3.58. The van der Waals surface area contributed by atoms with E-state index in [4.69, 9.17) is 4.42 Å². The minimum atomic E-state index is -0.0145. The molecule has 0 radical (unpaired) electrons. The minimum absolute atomic E-state index is 0.0145. The van der Waals surface area contributed by atoms with Crippen molar-refractivity contribution < 1.29 is 9.21 Å². The van der Waals surface area contributed by atoms with Gasteiger partial charge in [0.2, 0.25) is 5.91 Å². The average Bonchev–Trinajstić information content (AvgIpc) is 3.01. The Bertz CT molecular complexity index is 515. The van der Waals surface area contributed by atoms with E-state index in [1.165, 1.54) is 0 Å². The van der Waals surface area contributed by atoms with Crippen LogP contribution >= 0.6 is 0 Å². The molecule has 1 heterocycles. The van der Waals surface area contributed by atoms with Gasteiger partial charge in [0.25, 0.3) is 0 Å². The van der Waals surface area contributed by atoms with E-state index in [-0.39, 0.29) is 11.8 Å². The van der Waals surface area contributed by atoms with Crippen molar-refractivity contribution in [2.45, 2.75) is 26.2 Å². The van der Waals surface area contributed by atoms with Gasteiger partial charge in [0.05, 0.1) is 12.2 Å². The maximum absolute atomic E-state index is 12.4. The summed E-state index contributed by atoms with van der Waals surface area (Å²) in [5.74, 6) is 0.997. The molecule has 0 bridgehead atoms. The number of benzene rings is 1. The molecule has 0 aliphatic carbocycles. The Kier molecular flexibility index (Phi) is 4.99. The van der Waals surface area contributed by atoms with Crippen molar-refractivity contribution in [3.63, 3.8) is 0 Å². The first-order chi connectivity index (χ1) is 9.76. The largest absolute Gasteiger partial charge is 0.469 e. The number of furan rings is 1. The van der Waals surface area contributed by atoms with Gasteiger partial charge in [0.1, 0.15) is 5.76 Å². The maximum Gasteiger partial charge on any atom is 0.223 e. The summed E-state index contributed by atoms with van der Waals surface area (Å²) in [6.07, 6.45) is 2.10. The average molecular weight is 271 g/mol. The van der Waals surface area contributed by atoms with Crippen molar-refractivity contribution in [2.75, 3.05) is 13.1 Å². The van der Waals surface area contributed by atoms with Gasteiger partial charge in [-0.25, -0.2) is 0 Å². The van der Waals surface area contributed by atoms with E-state index in [2.05, 4.69) is 0 Å². The Balaban J connectivity index is 2.23. The molecule has 3 nitrogen and oxygen atoms in total. The molecule has 1 amide bonds. The molecule has 1 aromatic heterocycles. The molecule has 3 heteroatoms. The molecular weight excluding hydrogens is 250 g/mol. The van der Waals surface area contributed by atoms with Crippen molar-refractivity contribution in [3.8, 4) is 0 Å². The highest BCUT2D eigenvalue weighted by atomic mass is 16.3. The lowest BCUT2D eigenvalue weighted by atomic mass is 9.92. The Labute approximate surface area is 120 Å². The van der Waals surface area contributed by atoms with Crippen LogP contribution in [0.25, 0.3) is 0 Å². The van der Waals surface area contributed by atoms with Crippen LogP contribution in [-0.4, -0.2) is 23.9 Å². The van der Waals surface area contributed by atoms with Crippen molar-refractivity contribution in [1.29, 1.82) is 0 Å². The van der Waals surface area contributed by atoms with E-state index in [9.17, 15) is 4.79 Å². The molecule has 0 aliphatic rings. The van der Waals surface area contributed by atoms with E-state index < -0.39 is 0 Å². The van der Waals surface area contributed by atoms with Gasteiger partial charge in [-0.05, 0) is 31.5 Å². The Hall–Kier alpha value is -2.03. The van der Waals surface area contributed by atoms with Crippen LogP contribution in [-0.2, 0) is 4.79 Å². The standard InChI is InChI=1S/C17H21NO2/c1-3-18(4-2)17(19)13-15(16-11-8-12-20-16)14-9-6-5-7-10-14/h5-12,15H,3-4,13H2,1-2H3/t15-/m0/s1. The number of nitrogens with zero attached hydrogens (tertiary/aromatic N) is 1. The van der Waals surface area contributed by atoms with Crippen LogP contribution in [0.4, 0.5) is 0 Å². The van der Waals surface area contributed by atoms with Crippen LogP contribution in [0.3, 0.4) is 0 Å². The SMILES string of the molecule is CCN(CC)C(=O)C[C@@H](c1ccccc1)c1ccco1. The fourth-order valence-electron chi connectivity index (χ4n) is 2.44. The third-order valence-corrected chi connectivity index (χ3v) is 3.58. The molecule has 1 atom stereocenters. The van der Waals surface area contributed by atoms with Gasteiger partial charge in [-0.1, -0.05) is 30.3 Å². The number of amides is 1. The van der Waals surface area contributed by atoms with Crippen molar-refractivity contribution in [2.24, 2.45) is 0 Å². The predicted molar refractivity (Wildman–Crippen MR) is 79.5 cm³/mol. The molecule has 2 rings (SSSR count). The van der Waals surface area contributed by atoms with Crippen LogP contribution < -0.4 is 0 Å². The van der Waals surface area contributed by atoms with Crippen molar-refractivity contribution in [1.82, 2.24) is 4.90 Å². The molecule has 2 aromatic rings. The second-order valence-corrected chi connectivity index (χ2v) is 4.75. The molecule has 106 valence electrons. The van der Waals surface area contributed by atoms with Crippen LogP contribution in [0, 0.1) is 0 Å². The summed E-state index contributed by atoms with van der Waals surface area (Å²) >= 11 is 0. The lowest BCUT2D eigenvalue weighted by molar-refractivity contribution is -0.131. The molecule has 0 N–H and O–H groups in total. The zero-order valence-electron chi connectivity index (χ0n) is 12.1. The molecule has 0 unspecified atom stereocenters. The zero-order valence-corrected chi connectivity index (χ0v) is 12.1. The summed E-state index contributed by atoms with van der Waals surface area (Å²) in [5.41, 5.74) is 1.11. The molecule has 20 heavy (non-hydrogen) atoms. The second-order valence-electron chi connectivity index (χ2n) is 4.75. The van der Waals surface area contributed by atoms with E-state index in [1.54, 1.807) is 6.26 Å². The second kappa shape index (κ2) is 6.94. The Morgan fingerprint density at radius 3 is 2.35 bits per heavy atom. The fourth-order valence-corrected chi connectivity index (χ4v) is 2.44. The van der Waals surface area contributed by atoms with Gasteiger partial charge >= 0.3 is 0 Å². The molecular formula is C17H21NO2. The summed E-state index contributed by atoms with van der Waals surface area (Å²) in [6, 6.07) is 13.9. The van der Waals surface area contributed by atoms with Crippen LogP contribution in [0.15, 0.2) is 53.1 Å². The van der Waals surface area contributed by atoms with E-state index in [0.717, 1.165) is 24.4 Å². The molecule has 0 saturated heterocycles.